The molecule has 0 radical (unpaired) electrons. The molecule has 0 unspecified atom stereocenters. The Morgan fingerprint density at radius 3 is 2.88 bits per heavy atom. The van der Waals surface area contributed by atoms with Crippen LogP contribution in [0.2, 0.25) is 0 Å². The molecule has 0 aliphatic heterocycles. The van der Waals surface area contributed by atoms with Gasteiger partial charge in [0, 0.05) is 52.5 Å². The zero-order chi connectivity index (χ0) is 12.7. The summed E-state index contributed by atoms with van der Waals surface area (Å²) in [7, 11) is 3.57. The molecular weight excluding hydrogens is 214 g/mol. The molecule has 1 aromatic heterocycles. The standard InChI is InChI=1S/C13H23N3O/c1-4-8-16-9-6-12(11-16)10-14-7-5-13(17)15(2)3/h6,9,11,14H,4-5,7-8,10H2,1-3H3. The number of aryl methyl sites for hydroxylation is 1. The Hall–Kier alpha value is -1.29. The lowest BCUT2D eigenvalue weighted by molar-refractivity contribution is -0.128. The molecule has 4 nitrogen and oxygen atoms in total. The van der Waals surface area contributed by atoms with Crippen LogP contribution in [0, 0.1) is 0 Å². The molecule has 1 N–H and O–H groups in total. The van der Waals surface area contributed by atoms with Crippen LogP contribution >= 0.6 is 0 Å². The number of amides is 1. The summed E-state index contributed by atoms with van der Waals surface area (Å²) in [6, 6.07) is 2.12. The summed E-state index contributed by atoms with van der Waals surface area (Å²) in [5.74, 6) is 0.168. The van der Waals surface area contributed by atoms with E-state index in [1.54, 1.807) is 19.0 Å². The number of carbonyl (C=O) groups is 1. The van der Waals surface area contributed by atoms with Crippen molar-refractivity contribution in [3.05, 3.63) is 24.0 Å². The van der Waals surface area contributed by atoms with Gasteiger partial charge >= 0.3 is 0 Å². The van der Waals surface area contributed by atoms with Crippen molar-refractivity contribution in [1.82, 2.24) is 14.8 Å². The Balaban J connectivity index is 2.19. The van der Waals surface area contributed by atoms with Gasteiger partial charge < -0.3 is 14.8 Å². The van der Waals surface area contributed by atoms with E-state index >= 15 is 0 Å². The first-order chi connectivity index (χ1) is 8.13. The summed E-state index contributed by atoms with van der Waals surface area (Å²) in [6.07, 6.45) is 5.97. The van der Waals surface area contributed by atoms with E-state index in [-0.39, 0.29) is 5.91 Å². The number of hydrogen-bond donors (Lipinski definition) is 1. The van der Waals surface area contributed by atoms with Crippen LogP contribution in [-0.2, 0) is 17.9 Å². The fourth-order valence-electron chi connectivity index (χ4n) is 1.64. The Morgan fingerprint density at radius 1 is 1.47 bits per heavy atom. The fraction of sp³-hybridized carbons (Fsp3) is 0.615. The van der Waals surface area contributed by atoms with Gasteiger partial charge in [-0.2, -0.15) is 0 Å². The fourth-order valence-corrected chi connectivity index (χ4v) is 1.64. The van der Waals surface area contributed by atoms with Crippen molar-refractivity contribution in [2.45, 2.75) is 32.9 Å². The van der Waals surface area contributed by atoms with Crippen LogP contribution in [0.3, 0.4) is 0 Å². The van der Waals surface area contributed by atoms with Crippen molar-refractivity contribution in [3.8, 4) is 0 Å². The van der Waals surface area contributed by atoms with E-state index in [1.165, 1.54) is 5.56 Å². The highest BCUT2D eigenvalue weighted by Gasteiger charge is 2.02. The minimum atomic E-state index is 0.168. The molecule has 1 rings (SSSR count). The molecule has 1 amide bonds. The van der Waals surface area contributed by atoms with E-state index in [1.807, 2.05) is 0 Å². The van der Waals surface area contributed by atoms with Gasteiger partial charge in [0.15, 0.2) is 0 Å². The van der Waals surface area contributed by atoms with Crippen molar-refractivity contribution >= 4 is 5.91 Å². The maximum Gasteiger partial charge on any atom is 0.223 e. The number of nitrogens with one attached hydrogen (secondary N) is 1. The van der Waals surface area contributed by atoms with Gasteiger partial charge in [-0.15, -0.1) is 0 Å². The Bertz CT molecular complexity index is 344. The summed E-state index contributed by atoms with van der Waals surface area (Å²) in [4.78, 5) is 12.9. The number of hydrogen-bond acceptors (Lipinski definition) is 2. The quantitative estimate of drug-likeness (QED) is 0.729. The molecule has 0 aliphatic carbocycles. The Morgan fingerprint density at radius 2 is 2.24 bits per heavy atom. The molecule has 1 heterocycles. The third-order valence-electron chi connectivity index (χ3n) is 2.64. The summed E-state index contributed by atoms with van der Waals surface area (Å²) >= 11 is 0. The molecule has 0 saturated carbocycles. The lowest BCUT2D eigenvalue weighted by Crippen LogP contribution is -2.26. The second-order valence-electron chi connectivity index (χ2n) is 4.47. The lowest BCUT2D eigenvalue weighted by Gasteiger charge is -2.10. The van der Waals surface area contributed by atoms with E-state index < -0.39 is 0 Å². The number of carbonyl (C=O) groups excluding carboxylic acids is 1. The highest BCUT2D eigenvalue weighted by molar-refractivity contribution is 5.75. The zero-order valence-corrected chi connectivity index (χ0v) is 11.1. The van der Waals surface area contributed by atoms with E-state index in [4.69, 9.17) is 0 Å². The van der Waals surface area contributed by atoms with Crippen LogP contribution in [0.1, 0.15) is 25.3 Å². The Kier molecular flexibility index (Phi) is 5.77. The maximum absolute atomic E-state index is 11.3. The van der Waals surface area contributed by atoms with Crippen LogP contribution in [0.4, 0.5) is 0 Å². The first kappa shape index (κ1) is 13.8. The van der Waals surface area contributed by atoms with Crippen molar-refractivity contribution in [1.29, 1.82) is 0 Å². The average Bonchev–Trinajstić information content (AvgIpc) is 2.72. The Labute approximate surface area is 104 Å². The normalized spacial score (nSPS) is 10.5. The number of aromatic nitrogens is 1. The predicted molar refractivity (Wildman–Crippen MR) is 69.7 cm³/mol. The van der Waals surface area contributed by atoms with E-state index in [9.17, 15) is 4.79 Å². The van der Waals surface area contributed by atoms with Crippen LogP contribution in [0.15, 0.2) is 18.5 Å². The van der Waals surface area contributed by atoms with Crippen LogP contribution in [0.5, 0.6) is 0 Å². The van der Waals surface area contributed by atoms with Gasteiger partial charge in [0.05, 0.1) is 0 Å². The highest BCUT2D eigenvalue weighted by Crippen LogP contribution is 2.01. The van der Waals surface area contributed by atoms with Gasteiger partial charge in [0.2, 0.25) is 5.91 Å². The third-order valence-corrected chi connectivity index (χ3v) is 2.64. The van der Waals surface area contributed by atoms with Gasteiger partial charge in [-0.1, -0.05) is 6.92 Å². The van der Waals surface area contributed by atoms with E-state index in [2.05, 4.69) is 35.3 Å². The van der Waals surface area contributed by atoms with Crippen molar-refractivity contribution in [3.63, 3.8) is 0 Å². The molecule has 4 heteroatoms. The van der Waals surface area contributed by atoms with Gasteiger partial charge in [-0.05, 0) is 18.1 Å². The molecule has 0 bridgehead atoms. The first-order valence-corrected chi connectivity index (χ1v) is 6.19. The lowest BCUT2D eigenvalue weighted by atomic mass is 10.3. The third kappa shape index (κ3) is 5.04. The largest absolute Gasteiger partial charge is 0.354 e. The molecule has 0 aromatic carbocycles. The van der Waals surface area contributed by atoms with Crippen LogP contribution in [0.25, 0.3) is 0 Å². The molecule has 1 aromatic rings. The summed E-state index contributed by atoms with van der Waals surface area (Å²) in [6.45, 7) is 4.80. The molecule has 17 heavy (non-hydrogen) atoms. The predicted octanol–water partition coefficient (Wildman–Crippen LogP) is 1.47. The van der Waals surface area contributed by atoms with Crippen molar-refractivity contribution in [2.24, 2.45) is 0 Å². The van der Waals surface area contributed by atoms with E-state index in [0.717, 1.165) is 26.1 Å². The molecule has 0 saturated heterocycles. The number of rotatable bonds is 7. The smallest absolute Gasteiger partial charge is 0.223 e. The molecule has 96 valence electrons. The SMILES string of the molecule is CCCn1ccc(CNCCC(=O)N(C)C)c1. The summed E-state index contributed by atoms with van der Waals surface area (Å²) < 4.78 is 2.20. The van der Waals surface area contributed by atoms with Gasteiger partial charge in [0.25, 0.3) is 0 Å². The topological polar surface area (TPSA) is 37.3 Å². The van der Waals surface area contributed by atoms with Gasteiger partial charge in [-0.3, -0.25) is 4.79 Å². The second kappa shape index (κ2) is 7.12. The highest BCUT2D eigenvalue weighted by atomic mass is 16.2. The minimum Gasteiger partial charge on any atom is -0.354 e. The van der Waals surface area contributed by atoms with Gasteiger partial charge in [-0.25, -0.2) is 0 Å². The first-order valence-electron chi connectivity index (χ1n) is 6.19. The van der Waals surface area contributed by atoms with Crippen LogP contribution in [-0.4, -0.2) is 36.0 Å². The molecular formula is C13H23N3O. The maximum atomic E-state index is 11.3. The van der Waals surface area contributed by atoms with E-state index in [0.29, 0.717) is 6.42 Å². The molecule has 0 atom stereocenters. The minimum absolute atomic E-state index is 0.168. The summed E-state index contributed by atoms with van der Waals surface area (Å²) in [5, 5.41) is 3.28. The molecule has 0 aliphatic rings. The molecule has 0 fully saturated rings. The number of nitrogens with zero attached hydrogens (tertiary/aromatic N) is 2. The zero-order valence-electron chi connectivity index (χ0n) is 11.1. The van der Waals surface area contributed by atoms with Gasteiger partial charge in [0.1, 0.15) is 0 Å². The van der Waals surface area contributed by atoms with Crippen molar-refractivity contribution < 1.29 is 4.79 Å². The second-order valence-corrected chi connectivity index (χ2v) is 4.47. The molecule has 0 spiro atoms. The van der Waals surface area contributed by atoms with Crippen molar-refractivity contribution in [2.75, 3.05) is 20.6 Å². The average molecular weight is 237 g/mol. The monoisotopic (exact) mass is 237 g/mol. The summed E-state index contributed by atoms with van der Waals surface area (Å²) in [5.41, 5.74) is 1.27. The van der Waals surface area contributed by atoms with Crippen LogP contribution < -0.4 is 5.32 Å².